The molecule has 1 aliphatic carbocycles. The molecule has 1 aliphatic rings. The molecule has 1 N–H and O–H groups in total. The lowest BCUT2D eigenvalue weighted by molar-refractivity contribution is 0.0936. The number of hydrogen-bond acceptors (Lipinski definition) is 3. The summed E-state index contributed by atoms with van der Waals surface area (Å²) in [5.74, 6) is -0.294. The molecule has 1 amide bonds. The SMILES string of the molecule is CC[C@H](NC(=O)c1ccccc1N(Cc1ccccc1)S(=O)(=O)c1ccc(C)cc1)c1ccc2c(c1)CCCC2. The highest BCUT2D eigenvalue weighted by molar-refractivity contribution is 7.92. The lowest BCUT2D eigenvalue weighted by atomic mass is 9.88. The molecule has 0 saturated heterocycles. The van der Waals surface area contributed by atoms with Gasteiger partial charge >= 0.3 is 0 Å². The van der Waals surface area contributed by atoms with E-state index >= 15 is 0 Å². The fraction of sp³-hybridized carbons (Fsp3) is 0.265. The van der Waals surface area contributed by atoms with E-state index in [0.29, 0.717) is 11.3 Å². The summed E-state index contributed by atoms with van der Waals surface area (Å²) in [6, 6.07) is 29.6. The summed E-state index contributed by atoms with van der Waals surface area (Å²) in [5, 5.41) is 3.20. The fourth-order valence-corrected chi connectivity index (χ4v) is 6.87. The van der Waals surface area contributed by atoms with Gasteiger partial charge in [0.05, 0.1) is 28.7 Å². The van der Waals surface area contributed by atoms with Crippen LogP contribution in [0.1, 0.15) is 70.4 Å². The zero-order valence-electron chi connectivity index (χ0n) is 23.1. The Hall–Kier alpha value is -3.90. The van der Waals surface area contributed by atoms with Crippen LogP contribution in [0.5, 0.6) is 0 Å². The molecule has 40 heavy (non-hydrogen) atoms. The van der Waals surface area contributed by atoms with E-state index in [1.165, 1.54) is 28.3 Å². The maximum Gasteiger partial charge on any atom is 0.264 e. The van der Waals surface area contributed by atoms with E-state index in [1.807, 2.05) is 37.3 Å². The second-order valence-electron chi connectivity index (χ2n) is 10.5. The number of carbonyl (C=O) groups is 1. The van der Waals surface area contributed by atoms with Crippen molar-refractivity contribution >= 4 is 21.6 Å². The number of nitrogens with one attached hydrogen (secondary N) is 1. The topological polar surface area (TPSA) is 66.5 Å². The van der Waals surface area contributed by atoms with Crippen LogP contribution in [0.3, 0.4) is 0 Å². The molecule has 0 fully saturated rings. The van der Waals surface area contributed by atoms with Crippen molar-refractivity contribution in [2.75, 3.05) is 4.31 Å². The Balaban J connectivity index is 1.50. The van der Waals surface area contributed by atoms with Crippen LogP contribution >= 0.6 is 0 Å². The van der Waals surface area contributed by atoms with E-state index < -0.39 is 10.0 Å². The van der Waals surface area contributed by atoms with Gasteiger partial charge in [-0.25, -0.2) is 8.42 Å². The highest BCUT2D eigenvalue weighted by atomic mass is 32.2. The van der Waals surface area contributed by atoms with E-state index in [2.05, 4.69) is 30.4 Å². The molecule has 0 bridgehead atoms. The Bertz CT molecular complexity index is 1580. The van der Waals surface area contributed by atoms with Crippen LogP contribution in [0.15, 0.2) is 102 Å². The van der Waals surface area contributed by atoms with Gasteiger partial charge in [0, 0.05) is 0 Å². The van der Waals surface area contributed by atoms with Crippen LogP contribution in [0.4, 0.5) is 5.69 Å². The van der Waals surface area contributed by atoms with E-state index in [0.717, 1.165) is 36.0 Å². The first-order chi connectivity index (χ1) is 19.4. The molecule has 5 rings (SSSR count). The Morgan fingerprint density at radius 1 is 0.850 bits per heavy atom. The molecule has 4 aromatic rings. The van der Waals surface area contributed by atoms with Gasteiger partial charge < -0.3 is 5.32 Å². The van der Waals surface area contributed by atoms with Crippen LogP contribution in [-0.4, -0.2) is 14.3 Å². The number of carbonyl (C=O) groups excluding carboxylic acids is 1. The third kappa shape index (κ3) is 5.97. The van der Waals surface area contributed by atoms with Crippen LogP contribution in [-0.2, 0) is 29.4 Å². The molecule has 1 atom stereocenters. The number of aryl methyl sites for hydroxylation is 3. The smallest absolute Gasteiger partial charge is 0.264 e. The first kappa shape index (κ1) is 27.7. The second kappa shape index (κ2) is 12.1. The molecule has 0 spiro atoms. The van der Waals surface area contributed by atoms with Crippen LogP contribution < -0.4 is 9.62 Å². The summed E-state index contributed by atoms with van der Waals surface area (Å²) in [6.45, 7) is 4.08. The second-order valence-corrected chi connectivity index (χ2v) is 12.4. The summed E-state index contributed by atoms with van der Waals surface area (Å²) in [5.41, 5.74) is 6.34. The number of fused-ring (bicyclic) bond motifs is 1. The van der Waals surface area contributed by atoms with Crippen molar-refractivity contribution in [3.63, 3.8) is 0 Å². The monoisotopic (exact) mass is 552 g/mol. The summed E-state index contributed by atoms with van der Waals surface area (Å²) in [4.78, 5) is 14.0. The van der Waals surface area contributed by atoms with Gasteiger partial charge in [-0.05, 0) is 85.5 Å². The third-order valence-corrected chi connectivity index (χ3v) is 9.46. The number of nitrogens with zero attached hydrogens (tertiary/aromatic N) is 1. The van der Waals surface area contributed by atoms with Gasteiger partial charge in [0.1, 0.15) is 0 Å². The van der Waals surface area contributed by atoms with Gasteiger partial charge in [-0.1, -0.05) is 85.3 Å². The van der Waals surface area contributed by atoms with Crippen LogP contribution in [0, 0.1) is 6.92 Å². The lowest BCUT2D eigenvalue weighted by Crippen LogP contribution is -2.34. The van der Waals surface area contributed by atoms with Crippen molar-refractivity contribution in [2.24, 2.45) is 0 Å². The predicted octanol–water partition coefficient (Wildman–Crippen LogP) is 7.15. The largest absolute Gasteiger partial charge is 0.345 e. The van der Waals surface area contributed by atoms with Gasteiger partial charge in [-0.2, -0.15) is 0 Å². The number of sulfonamides is 1. The average molecular weight is 553 g/mol. The minimum absolute atomic E-state index is 0.101. The van der Waals surface area contributed by atoms with Crippen molar-refractivity contribution in [1.29, 1.82) is 0 Å². The molecule has 0 heterocycles. The average Bonchev–Trinajstić information content (AvgIpc) is 2.99. The molecule has 0 radical (unpaired) electrons. The van der Waals surface area contributed by atoms with Crippen molar-refractivity contribution in [3.8, 4) is 0 Å². The zero-order valence-corrected chi connectivity index (χ0v) is 24.0. The molecule has 0 saturated carbocycles. The summed E-state index contributed by atoms with van der Waals surface area (Å²) in [6.07, 6.45) is 5.32. The molecular weight excluding hydrogens is 516 g/mol. The number of benzene rings is 4. The number of rotatable bonds is 9. The van der Waals surface area contributed by atoms with E-state index in [9.17, 15) is 13.2 Å². The normalized spacial score (nSPS) is 13.8. The minimum Gasteiger partial charge on any atom is -0.345 e. The Kier molecular flexibility index (Phi) is 8.36. The highest BCUT2D eigenvalue weighted by Gasteiger charge is 2.29. The molecule has 0 unspecified atom stereocenters. The minimum atomic E-state index is -3.97. The van der Waals surface area contributed by atoms with E-state index in [4.69, 9.17) is 0 Å². The maximum absolute atomic E-state index is 14.1. The van der Waals surface area contributed by atoms with Gasteiger partial charge in [-0.3, -0.25) is 9.10 Å². The van der Waals surface area contributed by atoms with Gasteiger partial charge in [0.2, 0.25) is 0 Å². The van der Waals surface area contributed by atoms with Crippen molar-refractivity contribution < 1.29 is 13.2 Å². The first-order valence-corrected chi connectivity index (χ1v) is 15.5. The standard InChI is InChI=1S/C34H36N2O3S/c1-3-32(29-20-19-27-13-7-8-14-28(27)23-29)35-34(37)31-15-9-10-16-33(31)36(24-26-11-5-4-6-12-26)40(38,39)30-21-17-25(2)18-22-30/h4-6,9-12,15-23,32H,3,7-8,13-14,24H2,1-2H3,(H,35,37)/t32-/m0/s1. The molecule has 6 heteroatoms. The van der Waals surface area contributed by atoms with Gasteiger partial charge in [0.25, 0.3) is 15.9 Å². The molecule has 0 aliphatic heterocycles. The van der Waals surface area contributed by atoms with Crippen LogP contribution in [0.25, 0.3) is 0 Å². The zero-order chi connectivity index (χ0) is 28.1. The Morgan fingerprint density at radius 2 is 1.52 bits per heavy atom. The third-order valence-electron chi connectivity index (χ3n) is 7.68. The molecule has 5 nitrogen and oxygen atoms in total. The fourth-order valence-electron chi connectivity index (χ4n) is 5.40. The Morgan fingerprint density at radius 3 is 2.25 bits per heavy atom. The Labute approximate surface area is 237 Å². The molecule has 0 aromatic heterocycles. The van der Waals surface area contributed by atoms with E-state index in [-0.39, 0.29) is 23.4 Å². The van der Waals surface area contributed by atoms with E-state index in [1.54, 1.807) is 48.5 Å². The van der Waals surface area contributed by atoms with Crippen molar-refractivity contribution in [3.05, 3.63) is 130 Å². The number of amides is 1. The summed E-state index contributed by atoms with van der Waals surface area (Å²) < 4.78 is 29.5. The van der Waals surface area contributed by atoms with Crippen molar-refractivity contribution in [1.82, 2.24) is 5.32 Å². The van der Waals surface area contributed by atoms with Gasteiger partial charge in [-0.15, -0.1) is 0 Å². The number of hydrogen-bond donors (Lipinski definition) is 1. The first-order valence-electron chi connectivity index (χ1n) is 14.0. The maximum atomic E-state index is 14.1. The number of para-hydroxylation sites is 1. The molecule has 4 aromatic carbocycles. The lowest BCUT2D eigenvalue weighted by Gasteiger charge is -2.27. The molecule has 206 valence electrons. The van der Waals surface area contributed by atoms with Gasteiger partial charge in [0.15, 0.2) is 0 Å². The number of anilines is 1. The predicted molar refractivity (Wildman–Crippen MR) is 161 cm³/mol. The summed E-state index contributed by atoms with van der Waals surface area (Å²) in [7, 11) is -3.97. The highest BCUT2D eigenvalue weighted by Crippen LogP contribution is 2.31. The quantitative estimate of drug-likeness (QED) is 0.240. The van der Waals surface area contributed by atoms with Crippen LogP contribution in [0.2, 0.25) is 0 Å². The van der Waals surface area contributed by atoms with Crippen molar-refractivity contribution in [2.45, 2.75) is 63.4 Å². The summed E-state index contributed by atoms with van der Waals surface area (Å²) >= 11 is 0. The molecular formula is C34H36N2O3S.